The molecule has 1 heterocycles. The maximum absolute atomic E-state index is 13.5. The summed E-state index contributed by atoms with van der Waals surface area (Å²) in [7, 11) is 0. The van der Waals surface area contributed by atoms with Crippen LogP contribution in [0.3, 0.4) is 0 Å². The molecule has 1 fully saturated rings. The first-order chi connectivity index (χ1) is 15.2. The largest absolute Gasteiger partial charge is 0.489 e. The number of nitriles is 1. The van der Waals surface area contributed by atoms with Crippen molar-refractivity contribution < 1.29 is 27.4 Å². The van der Waals surface area contributed by atoms with Crippen molar-refractivity contribution in [2.75, 3.05) is 25.0 Å². The van der Waals surface area contributed by atoms with Gasteiger partial charge in [0.15, 0.2) is 0 Å². The van der Waals surface area contributed by atoms with Gasteiger partial charge in [0.2, 0.25) is 6.10 Å². The molecule has 6 nitrogen and oxygen atoms in total. The number of hydrogen-bond acceptors (Lipinski definition) is 5. The molecule has 0 radical (unpaired) electrons. The maximum atomic E-state index is 13.5. The van der Waals surface area contributed by atoms with Crippen LogP contribution in [0.5, 0.6) is 5.75 Å². The van der Waals surface area contributed by atoms with E-state index < -0.39 is 24.9 Å². The zero-order chi connectivity index (χ0) is 23.1. The standard InChI is InChI=1S/C22H21ClF3N3O3/c23-16-5-7-17(8-6-16)28-21(30)32-20(22(24,25)26)14-29-11-1-2-19(13-29)31-18-9-3-15(12-27)4-10-18/h3-10,19-20H,1-2,11,13-14H2,(H,28,30). The molecule has 2 atom stereocenters. The van der Waals surface area contributed by atoms with Crippen molar-refractivity contribution in [3.63, 3.8) is 0 Å². The summed E-state index contributed by atoms with van der Waals surface area (Å²) < 4.78 is 51.2. The second-order valence-corrected chi connectivity index (χ2v) is 7.78. The number of rotatable bonds is 6. The summed E-state index contributed by atoms with van der Waals surface area (Å²) in [4.78, 5) is 13.6. The second kappa shape index (κ2) is 10.6. The van der Waals surface area contributed by atoms with Gasteiger partial charge in [0.1, 0.15) is 11.9 Å². The molecule has 2 aromatic rings. The lowest BCUT2D eigenvalue weighted by molar-refractivity contribution is -0.207. The van der Waals surface area contributed by atoms with Gasteiger partial charge >= 0.3 is 12.3 Å². The molecule has 3 rings (SSSR count). The first kappa shape index (κ1) is 23.7. The van der Waals surface area contributed by atoms with Crippen LogP contribution in [0.4, 0.5) is 23.7 Å². The molecule has 0 bridgehead atoms. The quantitative estimate of drug-likeness (QED) is 0.629. The zero-order valence-corrected chi connectivity index (χ0v) is 17.7. The Kier molecular flexibility index (Phi) is 7.83. The molecular formula is C22H21ClF3N3O3. The monoisotopic (exact) mass is 467 g/mol. The topological polar surface area (TPSA) is 74.6 Å². The molecule has 10 heteroatoms. The minimum absolute atomic E-state index is 0.259. The van der Waals surface area contributed by atoms with Crippen LogP contribution < -0.4 is 10.1 Å². The lowest BCUT2D eigenvalue weighted by Crippen LogP contribution is -2.49. The van der Waals surface area contributed by atoms with Crippen molar-refractivity contribution in [2.24, 2.45) is 0 Å². The highest BCUT2D eigenvalue weighted by Crippen LogP contribution is 2.26. The Morgan fingerprint density at radius 2 is 1.91 bits per heavy atom. The molecule has 1 saturated heterocycles. The van der Waals surface area contributed by atoms with Crippen molar-refractivity contribution in [1.82, 2.24) is 4.90 Å². The van der Waals surface area contributed by atoms with Crippen molar-refractivity contribution in [2.45, 2.75) is 31.2 Å². The van der Waals surface area contributed by atoms with Crippen LogP contribution in [-0.4, -0.2) is 49.0 Å². The first-order valence-corrected chi connectivity index (χ1v) is 10.3. The number of nitrogens with zero attached hydrogens (tertiary/aromatic N) is 2. The minimum Gasteiger partial charge on any atom is -0.489 e. The molecule has 0 spiro atoms. The lowest BCUT2D eigenvalue weighted by atomic mass is 10.1. The average Bonchev–Trinajstić information content (AvgIpc) is 2.75. The van der Waals surface area contributed by atoms with Gasteiger partial charge in [0, 0.05) is 23.8 Å². The number of likely N-dealkylation sites (tertiary alicyclic amines) is 1. The Balaban J connectivity index is 1.57. The molecule has 2 aromatic carbocycles. The molecule has 1 N–H and O–H groups in total. The van der Waals surface area contributed by atoms with Gasteiger partial charge in [0.25, 0.3) is 0 Å². The Morgan fingerprint density at radius 1 is 1.22 bits per heavy atom. The zero-order valence-electron chi connectivity index (χ0n) is 16.9. The summed E-state index contributed by atoms with van der Waals surface area (Å²) in [5.41, 5.74) is 0.763. The molecule has 2 unspecified atom stereocenters. The van der Waals surface area contributed by atoms with E-state index in [4.69, 9.17) is 26.3 Å². The number of carbonyl (C=O) groups excluding carboxylic acids is 1. The number of nitrogens with one attached hydrogen (secondary N) is 1. The Morgan fingerprint density at radius 3 is 2.53 bits per heavy atom. The molecule has 1 aliphatic heterocycles. The van der Waals surface area contributed by atoms with E-state index in [-0.39, 0.29) is 18.3 Å². The highest BCUT2D eigenvalue weighted by molar-refractivity contribution is 6.30. The van der Waals surface area contributed by atoms with Crippen LogP contribution in [0.15, 0.2) is 48.5 Å². The number of ether oxygens (including phenoxy) is 2. The fourth-order valence-corrected chi connectivity index (χ4v) is 3.45. The summed E-state index contributed by atoms with van der Waals surface area (Å²) in [6.07, 6.45) is -7.19. The Bertz CT molecular complexity index is 946. The Labute approximate surface area is 188 Å². The molecular weight excluding hydrogens is 447 g/mol. The highest BCUT2D eigenvalue weighted by Gasteiger charge is 2.44. The van der Waals surface area contributed by atoms with Gasteiger partial charge in [0.05, 0.1) is 11.6 Å². The Hall–Kier alpha value is -2.96. The van der Waals surface area contributed by atoms with Gasteiger partial charge in [-0.05, 0) is 67.9 Å². The number of anilines is 1. The predicted octanol–water partition coefficient (Wildman–Crippen LogP) is 5.23. The number of benzene rings is 2. The van der Waals surface area contributed by atoms with Crippen molar-refractivity contribution in [1.29, 1.82) is 5.26 Å². The third kappa shape index (κ3) is 7.04. The molecule has 170 valence electrons. The van der Waals surface area contributed by atoms with E-state index in [0.717, 1.165) is 0 Å². The number of halogens is 4. The fraction of sp³-hybridized carbons (Fsp3) is 0.364. The molecule has 1 aliphatic rings. The maximum Gasteiger partial charge on any atom is 0.426 e. The number of alkyl halides is 3. The third-order valence-electron chi connectivity index (χ3n) is 4.88. The molecule has 0 aromatic heterocycles. The normalized spacial score (nSPS) is 17.8. The number of hydrogen-bond donors (Lipinski definition) is 1. The molecule has 0 saturated carbocycles. The number of amides is 1. The van der Waals surface area contributed by atoms with Crippen molar-refractivity contribution in [3.05, 3.63) is 59.1 Å². The smallest absolute Gasteiger partial charge is 0.426 e. The van der Waals surface area contributed by atoms with Gasteiger partial charge in [-0.25, -0.2) is 4.79 Å². The van der Waals surface area contributed by atoms with Gasteiger partial charge in [-0.1, -0.05) is 11.6 Å². The summed E-state index contributed by atoms with van der Waals surface area (Å²) in [5, 5.41) is 11.6. The van der Waals surface area contributed by atoms with Crippen LogP contribution in [0, 0.1) is 11.3 Å². The van der Waals surface area contributed by atoms with E-state index in [0.29, 0.717) is 35.7 Å². The van der Waals surface area contributed by atoms with Crippen molar-refractivity contribution >= 4 is 23.4 Å². The third-order valence-corrected chi connectivity index (χ3v) is 5.13. The SMILES string of the molecule is N#Cc1ccc(OC2CCCN(CC(OC(=O)Nc3ccc(Cl)cc3)C(F)(F)F)C2)cc1. The average molecular weight is 468 g/mol. The second-order valence-electron chi connectivity index (χ2n) is 7.35. The van der Waals surface area contributed by atoms with Crippen molar-refractivity contribution in [3.8, 4) is 11.8 Å². The van der Waals surface area contributed by atoms with Crippen LogP contribution in [-0.2, 0) is 4.74 Å². The fourth-order valence-electron chi connectivity index (χ4n) is 3.33. The summed E-state index contributed by atoms with van der Waals surface area (Å²) in [6, 6.07) is 14.5. The summed E-state index contributed by atoms with van der Waals surface area (Å²) in [5.74, 6) is 0.543. The summed E-state index contributed by atoms with van der Waals surface area (Å²) in [6.45, 7) is 0.196. The van der Waals surface area contributed by atoms with Gasteiger partial charge in [-0.2, -0.15) is 18.4 Å². The molecule has 1 amide bonds. The molecule has 0 aliphatic carbocycles. The molecule has 32 heavy (non-hydrogen) atoms. The van der Waals surface area contributed by atoms with E-state index >= 15 is 0 Å². The van der Waals surface area contributed by atoms with E-state index in [9.17, 15) is 18.0 Å². The number of carbonyl (C=O) groups is 1. The van der Waals surface area contributed by atoms with Crippen LogP contribution >= 0.6 is 11.6 Å². The first-order valence-electron chi connectivity index (χ1n) is 9.92. The minimum atomic E-state index is -4.72. The summed E-state index contributed by atoms with van der Waals surface area (Å²) >= 11 is 5.76. The van der Waals surface area contributed by atoms with E-state index in [1.165, 1.54) is 24.3 Å². The predicted molar refractivity (Wildman–Crippen MR) is 113 cm³/mol. The van der Waals surface area contributed by atoms with Gasteiger partial charge in [-0.3, -0.25) is 10.2 Å². The van der Waals surface area contributed by atoms with Gasteiger partial charge in [-0.15, -0.1) is 0 Å². The van der Waals surface area contributed by atoms with Gasteiger partial charge < -0.3 is 9.47 Å². The number of piperidine rings is 1. The van der Waals surface area contributed by atoms with E-state index in [1.54, 1.807) is 29.2 Å². The highest BCUT2D eigenvalue weighted by atomic mass is 35.5. The lowest BCUT2D eigenvalue weighted by Gasteiger charge is -2.35. The van der Waals surface area contributed by atoms with E-state index in [2.05, 4.69) is 5.32 Å². The van der Waals surface area contributed by atoms with E-state index in [1.807, 2.05) is 6.07 Å². The van der Waals surface area contributed by atoms with Crippen LogP contribution in [0.25, 0.3) is 0 Å². The van der Waals surface area contributed by atoms with Crippen LogP contribution in [0.1, 0.15) is 18.4 Å². The van der Waals surface area contributed by atoms with Crippen LogP contribution in [0.2, 0.25) is 5.02 Å².